The molecule has 0 bridgehead atoms. The molecule has 1 aliphatic heterocycles. The molecule has 2 aromatic rings. The van der Waals surface area contributed by atoms with Crippen LogP contribution in [0.1, 0.15) is 17.0 Å². The Kier molecular flexibility index (Phi) is 4.58. The number of benzene rings is 2. The van der Waals surface area contributed by atoms with E-state index in [4.69, 9.17) is 14.2 Å². The van der Waals surface area contributed by atoms with E-state index in [2.05, 4.69) is 52.3 Å². The zero-order valence-electron chi connectivity index (χ0n) is 11.8. The lowest BCUT2D eigenvalue weighted by Crippen LogP contribution is -2.22. The molecule has 0 spiro atoms. The zero-order valence-corrected chi connectivity index (χ0v) is 13.4. The van der Waals surface area contributed by atoms with Gasteiger partial charge >= 0.3 is 0 Å². The topological polar surface area (TPSA) is 27.7 Å². The van der Waals surface area contributed by atoms with Crippen molar-refractivity contribution in [1.29, 1.82) is 0 Å². The van der Waals surface area contributed by atoms with Crippen molar-refractivity contribution < 1.29 is 14.2 Å². The first kappa shape index (κ1) is 14.6. The van der Waals surface area contributed by atoms with Crippen LogP contribution in [0.4, 0.5) is 0 Å². The fourth-order valence-corrected chi connectivity index (χ4v) is 2.91. The van der Waals surface area contributed by atoms with Gasteiger partial charge in [0.1, 0.15) is 12.5 Å². The molecule has 0 aliphatic carbocycles. The molecule has 0 aromatic heterocycles. The van der Waals surface area contributed by atoms with Gasteiger partial charge in [-0.1, -0.05) is 40.2 Å². The molecule has 2 aromatic carbocycles. The molecule has 1 aliphatic rings. The Morgan fingerprint density at radius 2 is 1.67 bits per heavy atom. The van der Waals surface area contributed by atoms with E-state index < -0.39 is 0 Å². The molecule has 110 valence electrons. The molecule has 1 heterocycles. The van der Waals surface area contributed by atoms with Gasteiger partial charge in [0.15, 0.2) is 0 Å². The summed E-state index contributed by atoms with van der Waals surface area (Å²) in [4.78, 5) is 0. The van der Waals surface area contributed by atoms with Gasteiger partial charge in [0, 0.05) is 10.4 Å². The Labute approximate surface area is 133 Å². The van der Waals surface area contributed by atoms with Crippen LogP contribution in [0.3, 0.4) is 0 Å². The highest BCUT2D eigenvalue weighted by Gasteiger charge is 2.29. The van der Waals surface area contributed by atoms with Crippen LogP contribution in [0.2, 0.25) is 0 Å². The quantitative estimate of drug-likeness (QED) is 0.836. The van der Waals surface area contributed by atoms with Crippen molar-refractivity contribution in [2.75, 3.05) is 20.5 Å². The molecule has 0 saturated carbocycles. The molecule has 0 N–H and O–H groups in total. The molecule has 1 saturated heterocycles. The minimum atomic E-state index is 0.0413. The lowest BCUT2D eigenvalue weighted by molar-refractivity contribution is 0.0426. The molecule has 21 heavy (non-hydrogen) atoms. The van der Waals surface area contributed by atoms with Crippen LogP contribution in [0.15, 0.2) is 53.0 Å². The normalized spacial score (nSPS) is 19.4. The summed E-state index contributed by atoms with van der Waals surface area (Å²) in [5.41, 5.74) is 2.42. The van der Waals surface area contributed by atoms with E-state index in [-0.39, 0.29) is 12.0 Å². The smallest absolute Gasteiger partial charge is 0.147 e. The molecule has 0 unspecified atom stereocenters. The third-order valence-corrected chi connectivity index (χ3v) is 4.25. The molecular weight excluding hydrogens is 332 g/mol. The Balaban J connectivity index is 1.96. The summed E-state index contributed by atoms with van der Waals surface area (Å²) in [5, 5.41) is 0. The largest absolute Gasteiger partial charge is 0.497 e. The predicted octanol–water partition coefficient (Wildman–Crippen LogP) is 3.96. The molecule has 3 nitrogen and oxygen atoms in total. The summed E-state index contributed by atoms with van der Waals surface area (Å²) in [5.74, 6) is 1.02. The maximum Gasteiger partial charge on any atom is 0.147 e. The van der Waals surface area contributed by atoms with E-state index in [1.54, 1.807) is 7.11 Å². The van der Waals surface area contributed by atoms with Crippen LogP contribution >= 0.6 is 15.9 Å². The van der Waals surface area contributed by atoms with E-state index in [0.717, 1.165) is 10.2 Å². The van der Waals surface area contributed by atoms with Gasteiger partial charge in [0.25, 0.3) is 0 Å². The first-order valence-electron chi connectivity index (χ1n) is 6.86. The Bertz CT molecular complexity index is 574. The van der Waals surface area contributed by atoms with E-state index in [1.807, 2.05) is 12.1 Å². The second-order valence-electron chi connectivity index (χ2n) is 5.00. The Morgan fingerprint density at radius 3 is 2.19 bits per heavy atom. The summed E-state index contributed by atoms with van der Waals surface area (Å²) in [6.07, 6.45) is 0.0413. The number of ether oxygens (including phenoxy) is 3. The summed E-state index contributed by atoms with van der Waals surface area (Å²) < 4.78 is 17.4. The summed E-state index contributed by atoms with van der Waals surface area (Å²) in [7, 11) is 1.68. The highest BCUT2D eigenvalue weighted by Crippen LogP contribution is 2.33. The maximum absolute atomic E-state index is 5.75. The van der Waals surface area contributed by atoms with Gasteiger partial charge in [-0.15, -0.1) is 0 Å². The minimum absolute atomic E-state index is 0.0413. The zero-order chi connectivity index (χ0) is 14.7. The standard InChI is InChI=1S/C17H17BrO3/c1-19-15-8-4-13(5-9-15)17(16-10-20-11-21-16)12-2-6-14(18)7-3-12/h2-9,16-17H,10-11H2,1H3/t16-,17-/m0/s1. The van der Waals surface area contributed by atoms with Crippen molar-refractivity contribution in [1.82, 2.24) is 0 Å². The van der Waals surface area contributed by atoms with Crippen LogP contribution < -0.4 is 4.74 Å². The van der Waals surface area contributed by atoms with Gasteiger partial charge < -0.3 is 14.2 Å². The molecule has 2 atom stereocenters. The fraction of sp³-hybridized carbons (Fsp3) is 0.294. The van der Waals surface area contributed by atoms with Gasteiger partial charge in [-0.25, -0.2) is 0 Å². The molecular formula is C17H17BrO3. The van der Waals surface area contributed by atoms with Crippen molar-refractivity contribution >= 4 is 15.9 Å². The lowest BCUT2D eigenvalue weighted by atomic mass is 9.87. The average Bonchev–Trinajstić information content (AvgIpc) is 3.04. The van der Waals surface area contributed by atoms with Crippen LogP contribution in [0.25, 0.3) is 0 Å². The second-order valence-corrected chi connectivity index (χ2v) is 5.91. The minimum Gasteiger partial charge on any atom is -0.497 e. The summed E-state index contributed by atoms with van der Waals surface area (Å²) in [6.45, 7) is 0.987. The van der Waals surface area contributed by atoms with E-state index in [0.29, 0.717) is 13.4 Å². The van der Waals surface area contributed by atoms with Crippen LogP contribution in [-0.2, 0) is 9.47 Å². The number of rotatable bonds is 4. The second kappa shape index (κ2) is 6.60. The van der Waals surface area contributed by atoms with Gasteiger partial charge in [-0.2, -0.15) is 0 Å². The highest BCUT2D eigenvalue weighted by atomic mass is 79.9. The molecule has 0 radical (unpaired) electrons. The van der Waals surface area contributed by atoms with Gasteiger partial charge in [0.2, 0.25) is 0 Å². The van der Waals surface area contributed by atoms with Gasteiger partial charge in [-0.3, -0.25) is 0 Å². The first-order chi connectivity index (χ1) is 10.3. The average molecular weight is 349 g/mol. The SMILES string of the molecule is COc1ccc([C@H](c2ccc(Br)cc2)[C@@H]2COCO2)cc1. The first-order valence-corrected chi connectivity index (χ1v) is 7.66. The van der Waals surface area contributed by atoms with Crippen LogP contribution in [0.5, 0.6) is 5.75 Å². The van der Waals surface area contributed by atoms with E-state index in [9.17, 15) is 0 Å². The molecule has 1 fully saturated rings. The number of halogens is 1. The molecule has 3 rings (SSSR count). The van der Waals surface area contributed by atoms with E-state index >= 15 is 0 Å². The highest BCUT2D eigenvalue weighted by molar-refractivity contribution is 9.10. The van der Waals surface area contributed by atoms with Crippen molar-refractivity contribution in [2.24, 2.45) is 0 Å². The maximum atomic E-state index is 5.75. The predicted molar refractivity (Wildman–Crippen MR) is 84.7 cm³/mol. The van der Waals surface area contributed by atoms with Crippen molar-refractivity contribution in [3.05, 3.63) is 64.1 Å². The van der Waals surface area contributed by atoms with Gasteiger partial charge in [0.05, 0.1) is 19.8 Å². The molecule has 4 heteroatoms. The Hall–Kier alpha value is -1.36. The van der Waals surface area contributed by atoms with E-state index in [1.165, 1.54) is 11.1 Å². The van der Waals surface area contributed by atoms with Crippen molar-refractivity contribution in [3.63, 3.8) is 0 Å². The monoisotopic (exact) mass is 348 g/mol. The summed E-state index contributed by atoms with van der Waals surface area (Å²) >= 11 is 3.48. The van der Waals surface area contributed by atoms with Crippen molar-refractivity contribution in [3.8, 4) is 5.75 Å². The summed E-state index contributed by atoms with van der Waals surface area (Å²) in [6, 6.07) is 16.5. The van der Waals surface area contributed by atoms with Crippen molar-refractivity contribution in [2.45, 2.75) is 12.0 Å². The fourth-order valence-electron chi connectivity index (χ4n) is 2.64. The molecule has 0 amide bonds. The lowest BCUT2D eigenvalue weighted by Gasteiger charge is -2.23. The third kappa shape index (κ3) is 3.28. The number of hydrogen-bond donors (Lipinski definition) is 0. The van der Waals surface area contributed by atoms with Gasteiger partial charge in [-0.05, 0) is 35.4 Å². The Morgan fingerprint density at radius 1 is 1.05 bits per heavy atom. The van der Waals surface area contributed by atoms with Crippen LogP contribution in [0, 0.1) is 0 Å². The number of methoxy groups -OCH3 is 1. The number of hydrogen-bond acceptors (Lipinski definition) is 3. The third-order valence-electron chi connectivity index (χ3n) is 3.72. The van der Waals surface area contributed by atoms with Crippen LogP contribution in [-0.4, -0.2) is 26.6 Å².